The van der Waals surface area contributed by atoms with E-state index in [1.54, 1.807) is 0 Å². The van der Waals surface area contributed by atoms with Crippen LogP contribution in [-0.2, 0) is 0 Å². The summed E-state index contributed by atoms with van der Waals surface area (Å²) in [5.41, 5.74) is 0.478. The lowest BCUT2D eigenvalue weighted by molar-refractivity contribution is 0.371. The lowest BCUT2D eigenvalue weighted by atomic mass is 9.96. The second kappa shape index (κ2) is 4.14. The summed E-state index contributed by atoms with van der Waals surface area (Å²) in [5, 5.41) is 12.9. The fraction of sp³-hybridized carbons (Fsp3) is 0.923. The quantitative estimate of drug-likeness (QED) is 0.705. The molecule has 0 spiro atoms. The van der Waals surface area contributed by atoms with Gasteiger partial charge in [0.15, 0.2) is 0 Å². The van der Waals surface area contributed by atoms with Gasteiger partial charge < -0.3 is 5.32 Å². The molecule has 0 aromatic heterocycles. The SMILES string of the molecule is CC1(C)CC1NC1CCCCCC1C#N. The van der Waals surface area contributed by atoms with Gasteiger partial charge in [0.05, 0.1) is 12.0 Å². The molecule has 2 aliphatic rings. The average Bonchev–Trinajstić information content (AvgIpc) is 2.85. The van der Waals surface area contributed by atoms with Gasteiger partial charge >= 0.3 is 0 Å². The Morgan fingerprint density at radius 2 is 1.87 bits per heavy atom. The monoisotopic (exact) mass is 206 g/mol. The van der Waals surface area contributed by atoms with Crippen molar-refractivity contribution in [3.63, 3.8) is 0 Å². The fourth-order valence-electron chi connectivity index (χ4n) is 2.67. The third-order valence-corrected chi connectivity index (χ3v) is 4.11. The van der Waals surface area contributed by atoms with E-state index in [0.717, 1.165) is 6.42 Å². The minimum atomic E-state index is 0.254. The van der Waals surface area contributed by atoms with E-state index in [1.165, 1.54) is 32.1 Å². The smallest absolute Gasteiger partial charge is 0.0672 e. The Morgan fingerprint density at radius 1 is 1.20 bits per heavy atom. The molecule has 2 fully saturated rings. The summed E-state index contributed by atoms with van der Waals surface area (Å²) < 4.78 is 0. The maximum Gasteiger partial charge on any atom is 0.0672 e. The Balaban J connectivity index is 1.91. The van der Waals surface area contributed by atoms with Crippen LogP contribution in [-0.4, -0.2) is 12.1 Å². The van der Waals surface area contributed by atoms with E-state index in [4.69, 9.17) is 5.26 Å². The zero-order valence-electron chi connectivity index (χ0n) is 9.92. The minimum Gasteiger partial charge on any atom is -0.309 e. The van der Waals surface area contributed by atoms with Crippen LogP contribution in [0.1, 0.15) is 52.4 Å². The zero-order valence-corrected chi connectivity index (χ0v) is 9.92. The van der Waals surface area contributed by atoms with Crippen LogP contribution >= 0.6 is 0 Å². The normalized spacial score (nSPS) is 39.1. The molecule has 2 saturated carbocycles. The first-order chi connectivity index (χ1) is 7.13. The van der Waals surface area contributed by atoms with E-state index in [1.807, 2.05) is 0 Å². The van der Waals surface area contributed by atoms with Gasteiger partial charge in [-0.2, -0.15) is 5.26 Å². The van der Waals surface area contributed by atoms with Gasteiger partial charge in [0.25, 0.3) is 0 Å². The second-order valence-corrected chi connectivity index (χ2v) is 5.89. The molecule has 2 nitrogen and oxygen atoms in total. The Bertz CT molecular complexity index is 264. The van der Waals surface area contributed by atoms with Crippen LogP contribution in [0.5, 0.6) is 0 Å². The molecule has 15 heavy (non-hydrogen) atoms. The number of nitrogens with zero attached hydrogens (tertiary/aromatic N) is 1. The first kappa shape index (κ1) is 11.0. The van der Waals surface area contributed by atoms with E-state index < -0.39 is 0 Å². The van der Waals surface area contributed by atoms with Gasteiger partial charge in [0.2, 0.25) is 0 Å². The third-order valence-electron chi connectivity index (χ3n) is 4.11. The van der Waals surface area contributed by atoms with Gasteiger partial charge in [-0.25, -0.2) is 0 Å². The van der Waals surface area contributed by atoms with Crippen LogP contribution in [0.4, 0.5) is 0 Å². The van der Waals surface area contributed by atoms with Crippen LogP contribution in [0.25, 0.3) is 0 Å². The third kappa shape index (κ3) is 2.52. The highest BCUT2D eigenvalue weighted by molar-refractivity contribution is 5.05. The molecular formula is C13H22N2. The summed E-state index contributed by atoms with van der Waals surface area (Å²) >= 11 is 0. The van der Waals surface area contributed by atoms with Crippen molar-refractivity contribution in [3.05, 3.63) is 0 Å². The molecule has 3 unspecified atom stereocenters. The van der Waals surface area contributed by atoms with E-state index >= 15 is 0 Å². The maximum atomic E-state index is 9.16. The minimum absolute atomic E-state index is 0.254. The molecule has 1 N–H and O–H groups in total. The molecule has 0 heterocycles. The highest BCUT2D eigenvalue weighted by atomic mass is 15.0. The summed E-state index contributed by atoms with van der Waals surface area (Å²) in [6.45, 7) is 4.62. The van der Waals surface area contributed by atoms with Gasteiger partial charge in [0.1, 0.15) is 0 Å². The van der Waals surface area contributed by atoms with E-state index in [-0.39, 0.29) is 5.92 Å². The van der Waals surface area contributed by atoms with Crippen molar-refractivity contribution in [2.75, 3.05) is 0 Å². The predicted molar refractivity (Wildman–Crippen MR) is 61.3 cm³/mol. The summed E-state index contributed by atoms with van der Waals surface area (Å²) in [6, 6.07) is 3.62. The van der Waals surface area contributed by atoms with Crippen molar-refractivity contribution in [3.8, 4) is 6.07 Å². The molecule has 3 atom stereocenters. The van der Waals surface area contributed by atoms with Crippen molar-refractivity contribution in [1.82, 2.24) is 5.32 Å². The highest BCUT2D eigenvalue weighted by Gasteiger charge is 2.47. The summed E-state index contributed by atoms with van der Waals surface area (Å²) in [7, 11) is 0. The second-order valence-electron chi connectivity index (χ2n) is 5.89. The molecule has 0 bridgehead atoms. The van der Waals surface area contributed by atoms with Gasteiger partial charge in [0, 0.05) is 12.1 Å². The molecule has 0 saturated heterocycles. The van der Waals surface area contributed by atoms with Gasteiger partial charge in [-0.15, -0.1) is 0 Å². The van der Waals surface area contributed by atoms with Gasteiger partial charge in [-0.05, 0) is 24.7 Å². The topological polar surface area (TPSA) is 35.8 Å². The molecule has 2 rings (SSSR count). The predicted octanol–water partition coefficient (Wildman–Crippen LogP) is 2.85. The standard InChI is InChI=1S/C13H22N2/c1-13(2)8-12(13)15-11-7-5-3-4-6-10(11)9-14/h10-12,15H,3-8H2,1-2H3. The number of nitriles is 1. The number of hydrogen-bond acceptors (Lipinski definition) is 2. The summed E-state index contributed by atoms with van der Waals surface area (Å²) in [6.07, 6.45) is 7.42. The maximum absolute atomic E-state index is 9.16. The van der Waals surface area contributed by atoms with Crippen LogP contribution < -0.4 is 5.32 Å². The number of rotatable bonds is 2. The van der Waals surface area contributed by atoms with Crippen molar-refractivity contribution in [2.24, 2.45) is 11.3 Å². The van der Waals surface area contributed by atoms with Crippen LogP contribution in [0, 0.1) is 22.7 Å². The molecule has 0 aromatic carbocycles. The molecule has 0 amide bonds. The molecule has 0 aromatic rings. The van der Waals surface area contributed by atoms with E-state index in [9.17, 15) is 0 Å². The van der Waals surface area contributed by atoms with E-state index in [2.05, 4.69) is 25.2 Å². The molecular weight excluding hydrogens is 184 g/mol. The highest BCUT2D eigenvalue weighted by Crippen LogP contribution is 2.45. The molecule has 0 aliphatic heterocycles. The summed E-state index contributed by atoms with van der Waals surface area (Å²) in [5.74, 6) is 0.254. The van der Waals surface area contributed by atoms with Crippen LogP contribution in [0.2, 0.25) is 0 Å². The Morgan fingerprint density at radius 3 is 2.47 bits per heavy atom. The molecule has 2 heteroatoms. The Labute approximate surface area is 93.0 Å². The fourth-order valence-corrected chi connectivity index (χ4v) is 2.67. The Kier molecular flexibility index (Phi) is 3.02. The first-order valence-corrected chi connectivity index (χ1v) is 6.29. The van der Waals surface area contributed by atoms with Crippen molar-refractivity contribution >= 4 is 0 Å². The molecule has 2 aliphatic carbocycles. The lowest BCUT2D eigenvalue weighted by Crippen LogP contribution is -2.38. The summed E-state index contributed by atoms with van der Waals surface area (Å²) in [4.78, 5) is 0. The average molecular weight is 206 g/mol. The van der Waals surface area contributed by atoms with Crippen molar-refractivity contribution < 1.29 is 0 Å². The number of hydrogen-bond donors (Lipinski definition) is 1. The van der Waals surface area contributed by atoms with Crippen molar-refractivity contribution in [2.45, 2.75) is 64.5 Å². The van der Waals surface area contributed by atoms with Gasteiger partial charge in [-0.3, -0.25) is 0 Å². The lowest BCUT2D eigenvalue weighted by Gasteiger charge is -2.21. The van der Waals surface area contributed by atoms with Crippen molar-refractivity contribution in [1.29, 1.82) is 5.26 Å². The largest absolute Gasteiger partial charge is 0.309 e. The van der Waals surface area contributed by atoms with Crippen LogP contribution in [0.15, 0.2) is 0 Å². The van der Waals surface area contributed by atoms with E-state index in [0.29, 0.717) is 17.5 Å². The van der Waals surface area contributed by atoms with Crippen LogP contribution in [0.3, 0.4) is 0 Å². The molecule has 84 valence electrons. The number of nitrogens with one attached hydrogen (secondary N) is 1. The zero-order chi connectivity index (χ0) is 10.9. The first-order valence-electron chi connectivity index (χ1n) is 6.29. The van der Waals surface area contributed by atoms with Gasteiger partial charge in [-0.1, -0.05) is 33.1 Å². The molecule has 0 radical (unpaired) electrons. The Hall–Kier alpha value is -0.550.